The minimum absolute atomic E-state index is 0.106. The third-order valence-corrected chi connectivity index (χ3v) is 19.2. The first-order chi connectivity index (χ1) is 44.4. The Morgan fingerprint density at radius 3 is 0.826 bits per heavy atom. The number of ether oxygens (including phenoxy) is 4. The highest BCUT2D eigenvalue weighted by Crippen LogP contribution is 2.45. The van der Waals surface area contributed by atoms with E-state index >= 15 is 0 Å². The largest absolute Gasteiger partial charge is 0.472 e. The fraction of sp³-hybridized carbons (Fsp3) is 0.945. The van der Waals surface area contributed by atoms with Crippen LogP contribution in [0.3, 0.4) is 0 Å². The molecule has 0 saturated heterocycles. The van der Waals surface area contributed by atoms with Gasteiger partial charge in [-0.25, -0.2) is 9.13 Å². The lowest BCUT2D eigenvalue weighted by atomic mass is 9.99. The maximum absolute atomic E-state index is 13.1. The van der Waals surface area contributed by atoms with E-state index in [9.17, 15) is 43.2 Å². The zero-order valence-electron chi connectivity index (χ0n) is 59.9. The molecule has 6 atom stereocenters. The number of aliphatic hydroxyl groups is 1. The molecule has 0 bridgehead atoms. The van der Waals surface area contributed by atoms with Crippen LogP contribution in [0.15, 0.2) is 0 Å². The summed E-state index contributed by atoms with van der Waals surface area (Å²) in [6.07, 6.45) is 51.7. The summed E-state index contributed by atoms with van der Waals surface area (Å²) in [6, 6.07) is 0. The number of hydrogen-bond donors (Lipinski definition) is 3. The van der Waals surface area contributed by atoms with Gasteiger partial charge in [-0.2, -0.15) is 0 Å². The van der Waals surface area contributed by atoms with Gasteiger partial charge < -0.3 is 33.8 Å². The Labute approximate surface area is 562 Å². The van der Waals surface area contributed by atoms with E-state index in [2.05, 4.69) is 41.5 Å². The third-order valence-electron chi connectivity index (χ3n) is 17.3. The molecule has 0 aliphatic heterocycles. The number of carbonyl (C=O) groups excluding carboxylic acids is 4. The van der Waals surface area contributed by atoms with Crippen LogP contribution in [-0.4, -0.2) is 96.7 Å². The standard InChI is InChI=1S/C73H142O17P2/c1-7-10-12-14-15-16-26-34-39-45-51-57-72(77)89-68(61-83-70(75)55-49-41-13-11-8-2)63-87-91(79,80)85-59-67(74)60-86-92(81,82)88-64-69(62-84-71(76)56-50-44-38-33-30-25-27-31-36-42-47-53-65(4)5)90-73(78)58-52-46-40-35-29-24-22-20-18-17-19-21-23-28-32-37-43-48-54-66(6)9-3/h65-69,74H,7-64H2,1-6H3,(H,79,80)(H,81,82)/t66?,67-,68+,69+/m0/s1. The molecule has 3 unspecified atom stereocenters. The van der Waals surface area contributed by atoms with Gasteiger partial charge in [0.05, 0.1) is 26.4 Å². The fourth-order valence-corrected chi connectivity index (χ4v) is 12.7. The van der Waals surface area contributed by atoms with Crippen molar-refractivity contribution in [1.82, 2.24) is 0 Å². The van der Waals surface area contributed by atoms with Gasteiger partial charge in [0, 0.05) is 25.7 Å². The van der Waals surface area contributed by atoms with Gasteiger partial charge in [0.15, 0.2) is 12.2 Å². The molecule has 19 heteroatoms. The molecule has 0 heterocycles. The maximum atomic E-state index is 13.1. The van der Waals surface area contributed by atoms with Crippen molar-refractivity contribution in [2.45, 2.75) is 394 Å². The molecule has 0 rings (SSSR count). The second-order valence-electron chi connectivity index (χ2n) is 27.1. The molecular formula is C73H142O17P2. The van der Waals surface area contributed by atoms with E-state index in [1.165, 1.54) is 186 Å². The van der Waals surface area contributed by atoms with Gasteiger partial charge in [0.2, 0.25) is 0 Å². The van der Waals surface area contributed by atoms with Gasteiger partial charge in [-0.3, -0.25) is 37.3 Å². The highest BCUT2D eigenvalue weighted by atomic mass is 31.2. The van der Waals surface area contributed by atoms with E-state index < -0.39 is 97.5 Å². The molecule has 0 spiro atoms. The van der Waals surface area contributed by atoms with Gasteiger partial charge in [0.25, 0.3) is 0 Å². The molecule has 17 nitrogen and oxygen atoms in total. The number of phosphoric acid groups is 2. The van der Waals surface area contributed by atoms with Crippen LogP contribution in [0.1, 0.15) is 375 Å². The second kappa shape index (κ2) is 65.0. The Balaban J connectivity index is 5.11. The van der Waals surface area contributed by atoms with Crippen molar-refractivity contribution >= 4 is 39.5 Å². The van der Waals surface area contributed by atoms with Crippen LogP contribution in [0.2, 0.25) is 0 Å². The summed E-state index contributed by atoms with van der Waals surface area (Å²) in [5.41, 5.74) is 0. The smallest absolute Gasteiger partial charge is 0.462 e. The normalized spacial score (nSPS) is 14.4. The van der Waals surface area contributed by atoms with Crippen LogP contribution >= 0.6 is 15.6 Å². The van der Waals surface area contributed by atoms with Crippen molar-refractivity contribution < 1.29 is 80.2 Å². The number of carbonyl (C=O) groups is 4. The lowest BCUT2D eigenvalue weighted by molar-refractivity contribution is -0.161. The quantitative estimate of drug-likeness (QED) is 0.0222. The van der Waals surface area contributed by atoms with Crippen molar-refractivity contribution in [2.24, 2.45) is 11.8 Å². The number of rotatable bonds is 72. The average molecular weight is 1350 g/mol. The number of esters is 4. The summed E-state index contributed by atoms with van der Waals surface area (Å²) in [5.74, 6) is -0.490. The summed E-state index contributed by atoms with van der Waals surface area (Å²) in [7, 11) is -9.89. The molecule has 92 heavy (non-hydrogen) atoms. The fourth-order valence-electron chi connectivity index (χ4n) is 11.1. The van der Waals surface area contributed by atoms with Crippen molar-refractivity contribution in [1.29, 1.82) is 0 Å². The van der Waals surface area contributed by atoms with Gasteiger partial charge in [0.1, 0.15) is 19.3 Å². The van der Waals surface area contributed by atoms with Crippen molar-refractivity contribution in [2.75, 3.05) is 39.6 Å². The summed E-state index contributed by atoms with van der Waals surface area (Å²) in [6.45, 7) is 9.55. The van der Waals surface area contributed by atoms with E-state index in [1.54, 1.807) is 0 Å². The van der Waals surface area contributed by atoms with Crippen molar-refractivity contribution in [3.05, 3.63) is 0 Å². The highest BCUT2D eigenvalue weighted by molar-refractivity contribution is 7.47. The Bertz CT molecular complexity index is 1790. The average Bonchev–Trinajstić information content (AvgIpc) is 1.50. The molecule has 0 aliphatic rings. The minimum Gasteiger partial charge on any atom is -0.462 e. The summed E-state index contributed by atoms with van der Waals surface area (Å²) < 4.78 is 68.1. The zero-order valence-corrected chi connectivity index (χ0v) is 61.6. The molecule has 0 amide bonds. The SMILES string of the molecule is CCCCCCCCCCCCCC(=O)O[C@H](COC(=O)CCCCCCC)COP(=O)(O)OC[C@H](O)COP(=O)(O)OC[C@@H](COC(=O)CCCCCCCCCCCCCC(C)C)OC(=O)CCCCCCCCCCCCCCCCCCCCC(C)CC. The number of aliphatic hydroxyl groups excluding tert-OH is 1. The topological polar surface area (TPSA) is 237 Å². The van der Waals surface area contributed by atoms with E-state index in [1.807, 2.05) is 0 Å². The van der Waals surface area contributed by atoms with E-state index in [0.29, 0.717) is 25.7 Å². The van der Waals surface area contributed by atoms with Gasteiger partial charge in [-0.05, 0) is 37.5 Å². The first-order valence-electron chi connectivity index (χ1n) is 38.0. The first kappa shape index (κ1) is 90.1. The van der Waals surface area contributed by atoms with Gasteiger partial charge in [-0.1, -0.05) is 324 Å². The van der Waals surface area contributed by atoms with Crippen LogP contribution in [0.5, 0.6) is 0 Å². The van der Waals surface area contributed by atoms with Crippen LogP contribution in [-0.2, 0) is 65.4 Å². The second-order valence-corrected chi connectivity index (χ2v) is 30.0. The Morgan fingerprint density at radius 2 is 0.554 bits per heavy atom. The van der Waals surface area contributed by atoms with Crippen molar-refractivity contribution in [3.8, 4) is 0 Å². The number of unbranched alkanes of at least 4 members (excludes halogenated alkanes) is 41. The van der Waals surface area contributed by atoms with E-state index in [-0.39, 0.29) is 25.7 Å². The third kappa shape index (κ3) is 65.4. The van der Waals surface area contributed by atoms with E-state index in [0.717, 1.165) is 108 Å². The lowest BCUT2D eigenvalue weighted by Crippen LogP contribution is -2.30. The molecule has 0 fully saturated rings. The first-order valence-corrected chi connectivity index (χ1v) is 41.0. The van der Waals surface area contributed by atoms with E-state index in [4.69, 9.17) is 37.0 Å². The number of phosphoric ester groups is 2. The Kier molecular flexibility index (Phi) is 63.7. The summed E-state index contributed by atoms with van der Waals surface area (Å²) in [5, 5.41) is 10.6. The Hall–Kier alpha value is -1.94. The minimum atomic E-state index is -4.95. The highest BCUT2D eigenvalue weighted by Gasteiger charge is 2.30. The van der Waals surface area contributed by atoms with Crippen LogP contribution in [0.25, 0.3) is 0 Å². The summed E-state index contributed by atoms with van der Waals surface area (Å²) in [4.78, 5) is 72.3. The van der Waals surface area contributed by atoms with Crippen LogP contribution in [0.4, 0.5) is 0 Å². The van der Waals surface area contributed by atoms with Crippen molar-refractivity contribution in [3.63, 3.8) is 0 Å². The predicted octanol–water partition coefficient (Wildman–Crippen LogP) is 21.2. The molecular weight excluding hydrogens is 1210 g/mol. The zero-order chi connectivity index (χ0) is 67.9. The van der Waals surface area contributed by atoms with Gasteiger partial charge in [-0.15, -0.1) is 0 Å². The maximum Gasteiger partial charge on any atom is 0.472 e. The predicted molar refractivity (Wildman–Crippen MR) is 372 cm³/mol. The molecule has 0 aromatic carbocycles. The Morgan fingerprint density at radius 1 is 0.315 bits per heavy atom. The monoisotopic (exact) mass is 1350 g/mol. The molecule has 546 valence electrons. The molecule has 3 N–H and O–H groups in total. The van der Waals surface area contributed by atoms with Crippen LogP contribution in [0, 0.1) is 11.8 Å². The summed E-state index contributed by atoms with van der Waals surface area (Å²) >= 11 is 0. The molecule has 0 aromatic heterocycles. The molecule has 0 aliphatic carbocycles. The van der Waals surface area contributed by atoms with Crippen LogP contribution < -0.4 is 0 Å². The molecule has 0 aromatic rings. The van der Waals surface area contributed by atoms with Gasteiger partial charge >= 0.3 is 39.5 Å². The number of hydrogen-bond acceptors (Lipinski definition) is 15. The molecule has 0 saturated carbocycles. The molecule has 0 radical (unpaired) electrons. The lowest BCUT2D eigenvalue weighted by Gasteiger charge is -2.21.